The standard InChI is InChI=1S/C25H26N2O4/c1-17(28)26-22-9-8-20-12-18(5-7-21(20)15-22)4-3-11-27(2)25(29)14-19-6-10-23-24(13-19)31-16-30-23/h5-10,12-13,15H,3-4,11,14,16H2,1-2H3,(H,26,28). The van der Waals surface area contributed by atoms with Crippen LogP contribution in [-0.4, -0.2) is 37.1 Å². The number of amides is 2. The number of nitrogens with one attached hydrogen (secondary N) is 1. The molecule has 2 amide bonds. The first-order valence-electron chi connectivity index (χ1n) is 10.4. The molecule has 1 aliphatic rings. The van der Waals surface area contributed by atoms with Crippen molar-refractivity contribution in [3.8, 4) is 11.5 Å². The predicted octanol–water partition coefficient (Wildman–Crippen LogP) is 4.16. The van der Waals surface area contributed by atoms with E-state index >= 15 is 0 Å². The molecule has 1 heterocycles. The van der Waals surface area contributed by atoms with Crippen LogP contribution in [0.3, 0.4) is 0 Å². The van der Waals surface area contributed by atoms with Crippen molar-refractivity contribution >= 4 is 28.3 Å². The van der Waals surface area contributed by atoms with Gasteiger partial charge in [0.15, 0.2) is 11.5 Å². The Labute approximate surface area is 181 Å². The van der Waals surface area contributed by atoms with Crippen molar-refractivity contribution in [2.45, 2.75) is 26.2 Å². The number of hydrogen-bond donors (Lipinski definition) is 1. The lowest BCUT2D eigenvalue weighted by Crippen LogP contribution is -2.29. The van der Waals surface area contributed by atoms with Gasteiger partial charge in [-0.1, -0.05) is 30.3 Å². The molecule has 0 fully saturated rings. The third kappa shape index (κ3) is 5.15. The fraction of sp³-hybridized carbons (Fsp3) is 0.280. The molecule has 160 valence electrons. The van der Waals surface area contributed by atoms with E-state index in [4.69, 9.17) is 9.47 Å². The van der Waals surface area contributed by atoms with Crippen molar-refractivity contribution in [2.75, 3.05) is 25.7 Å². The highest BCUT2D eigenvalue weighted by atomic mass is 16.7. The summed E-state index contributed by atoms with van der Waals surface area (Å²) in [7, 11) is 1.85. The van der Waals surface area contributed by atoms with E-state index in [0.717, 1.165) is 40.6 Å². The van der Waals surface area contributed by atoms with Gasteiger partial charge in [0.1, 0.15) is 0 Å². The summed E-state index contributed by atoms with van der Waals surface area (Å²) in [6.07, 6.45) is 2.13. The quantitative estimate of drug-likeness (QED) is 0.626. The molecule has 3 aromatic rings. The van der Waals surface area contributed by atoms with Gasteiger partial charge in [0.25, 0.3) is 0 Å². The van der Waals surface area contributed by atoms with Crippen LogP contribution in [0.1, 0.15) is 24.5 Å². The summed E-state index contributed by atoms with van der Waals surface area (Å²) in [5.74, 6) is 1.44. The highest BCUT2D eigenvalue weighted by Crippen LogP contribution is 2.32. The van der Waals surface area contributed by atoms with E-state index < -0.39 is 0 Å². The zero-order valence-corrected chi connectivity index (χ0v) is 17.8. The van der Waals surface area contributed by atoms with Crippen molar-refractivity contribution in [1.82, 2.24) is 4.90 Å². The maximum atomic E-state index is 12.6. The molecule has 31 heavy (non-hydrogen) atoms. The minimum Gasteiger partial charge on any atom is -0.454 e. The van der Waals surface area contributed by atoms with Gasteiger partial charge in [0.2, 0.25) is 18.6 Å². The third-order valence-electron chi connectivity index (χ3n) is 5.40. The molecule has 3 aromatic carbocycles. The topological polar surface area (TPSA) is 67.9 Å². The number of carbonyl (C=O) groups is 2. The number of anilines is 1. The highest BCUT2D eigenvalue weighted by molar-refractivity contribution is 5.93. The van der Waals surface area contributed by atoms with Crippen LogP contribution in [0.25, 0.3) is 10.8 Å². The molecule has 1 aliphatic heterocycles. The smallest absolute Gasteiger partial charge is 0.231 e. The second-order valence-corrected chi connectivity index (χ2v) is 7.86. The van der Waals surface area contributed by atoms with Crippen LogP contribution < -0.4 is 14.8 Å². The first kappa shape index (κ1) is 20.7. The van der Waals surface area contributed by atoms with Gasteiger partial charge in [-0.05, 0) is 59.0 Å². The Balaban J connectivity index is 1.29. The molecule has 0 aliphatic carbocycles. The lowest BCUT2D eigenvalue weighted by atomic mass is 10.0. The second kappa shape index (κ2) is 9.08. The number of carbonyl (C=O) groups excluding carboxylic acids is 2. The van der Waals surface area contributed by atoms with E-state index in [2.05, 4.69) is 23.5 Å². The molecule has 1 N–H and O–H groups in total. The lowest BCUT2D eigenvalue weighted by molar-refractivity contribution is -0.129. The van der Waals surface area contributed by atoms with Crippen molar-refractivity contribution in [3.05, 3.63) is 65.7 Å². The first-order chi connectivity index (χ1) is 15.0. The Kier molecular flexibility index (Phi) is 6.07. The summed E-state index contributed by atoms with van der Waals surface area (Å²) in [5.41, 5.74) is 2.96. The summed E-state index contributed by atoms with van der Waals surface area (Å²) in [4.78, 5) is 25.6. The average molecular weight is 418 g/mol. The largest absolute Gasteiger partial charge is 0.454 e. The van der Waals surface area contributed by atoms with Gasteiger partial charge in [0.05, 0.1) is 6.42 Å². The van der Waals surface area contributed by atoms with Crippen molar-refractivity contribution < 1.29 is 19.1 Å². The third-order valence-corrected chi connectivity index (χ3v) is 5.40. The van der Waals surface area contributed by atoms with Gasteiger partial charge >= 0.3 is 0 Å². The van der Waals surface area contributed by atoms with Gasteiger partial charge < -0.3 is 19.7 Å². The minimum atomic E-state index is -0.0758. The first-order valence-corrected chi connectivity index (χ1v) is 10.4. The van der Waals surface area contributed by atoms with E-state index in [9.17, 15) is 9.59 Å². The Morgan fingerprint density at radius 3 is 2.52 bits per heavy atom. The molecule has 4 rings (SSSR count). The van der Waals surface area contributed by atoms with Gasteiger partial charge in [-0.3, -0.25) is 9.59 Å². The number of benzene rings is 3. The van der Waals surface area contributed by atoms with Gasteiger partial charge in [0, 0.05) is 26.2 Å². The number of likely N-dealkylation sites (N-methyl/N-ethyl adjacent to an activating group) is 1. The van der Waals surface area contributed by atoms with E-state index in [0.29, 0.717) is 18.7 Å². The molecule has 0 saturated carbocycles. The molecule has 6 nitrogen and oxygen atoms in total. The van der Waals surface area contributed by atoms with Crippen LogP contribution in [0.2, 0.25) is 0 Å². The van der Waals surface area contributed by atoms with E-state index in [1.165, 1.54) is 12.5 Å². The maximum absolute atomic E-state index is 12.6. The number of fused-ring (bicyclic) bond motifs is 2. The van der Waals surface area contributed by atoms with Crippen molar-refractivity contribution in [1.29, 1.82) is 0 Å². The summed E-state index contributed by atoms with van der Waals surface area (Å²) < 4.78 is 10.7. The number of aryl methyl sites for hydroxylation is 1. The normalized spacial score (nSPS) is 12.1. The van der Waals surface area contributed by atoms with Crippen LogP contribution in [0, 0.1) is 0 Å². The fourth-order valence-corrected chi connectivity index (χ4v) is 3.74. The van der Waals surface area contributed by atoms with Gasteiger partial charge in [-0.25, -0.2) is 0 Å². The van der Waals surface area contributed by atoms with Crippen molar-refractivity contribution in [3.63, 3.8) is 0 Å². The zero-order valence-electron chi connectivity index (χ0n) is 17.8. The molecule has 0 unspecified atom stereocenters. The number of rotatable bonds is 7. The average Bonchev–Trinajstić information content (AvgIpc) is 3.21. The predicted molar refractivity (Wildman–Crippen MR) is 120 cm³/mol. The Bertz CT molecular complexity index is 1130. The summed E-state index contributed by atoms with van der Waals surface area (Å²) >= 11 is 0. The van der Waals surface area contributed by atoms with Crippen LogP contribution in [0.4, 0.5) is 5.69 Å². The fourth-order valence-electron chi connectivity index (χ4n) is 3.74. The van der Waals surface area contributed by atoms with E-state index in [1.807, 2.05) is 43.4 Å². The van der Waals surface area contributed by atoms with E-state index in [1.54, 1.807) is 4.90 Å². The number of ether oxygens (including phenoxy) is 2. The molecule has 0 atom stereocenters. The Morgan fingerprint density at radius 1 is 0.935 bits per heavy atom. The molecule has 0 aromatic heterocycles. The zero-order chi connectivity index (χ0) is 21.8. The molecule has 0 saturated heterocycles. The Morgan fingerprint density at radius 2 is 1.68 bits per heavy atom. The molecule has 0 bridgehead atoms. The van der Waals surface area contributed by atoms with Crippen LogP contribution in [0.15, 0.2) is 54.6 Å². The van der Waals surface area contributed by atoms with Gasteiger partial charge in [-0.2, -0.15) is 0 Å². The minimum absolute atomic E-state index is 0.0758. The SMILES string of the molecule is CC(=O)Nc1ccc2cc(CCCN(C)C(=O)Cc3ccc4c(c3)OCO4)ccc2c1. The van der Waals surface area contributed by atoms with Crippen LogP contribution in [0.5, 0.6) is 11.5 Å². The lowest BCUT2D eigenvalue weighted by Gasteiger charge is -2.17. The molecule has 0 radical (unpaired) electrons. The van der Waals surface area contributed by atoms with Crippen LogP contribution in [-0.2, 0) is 22.4 Å². The Hall–Kier alpha value is -3.54. The number of hydrogen-bond acceptors (Lipinski definition) is 4. The van der Waals surface area contributed by atoms with Gasteiger partial charge in [-0.15, -0.1) is 0 Å². The molecular formula is C25H26N2O4. The number of nitrogens with zero attached hydrogens (tertiary/aromatic N) is 1. The van der Waals surface area contributed by atoms with Crippen molar-refractivity contribution in [2.24, 2.45) is 0 Å². The molecule has 0 spiro atoms. The maximum Gasteiger partial charge on any atom is 0.231 e. The molecule has 6 heteroatoms. The second-order valence-electron chi connectivity index (χ2n) is 7.86. The van der Waals surface area contributed by atoms with Crippen LogP contribution >= 0.6 is 0 Å². The summed E-state index contributed by atoms with van der Waals surface area (Å²) in [6, 6.07) is 17.9. The summed E-state index contributed by atoms with van der Waals surface area (Å²) in [5, 5.41) is 5.04. The molecular weight excluding hydrogens is 392 g/mol. The monoisotopic (exact) mass is 418 g/mol. The summed E-state index contributed by atoms with van der Waals surface area (Å²) in [6.45, 7) is 2.44. The van der Waals surface area contributed by atoms with E-state index in [-0.39, 0.29) is 18.6 Å². The highest BCUT2D eigenvalue weighted by Gasteiger charge is 2.16.